The van der Waals surface area contributed by atoms with Crippen LogP contribution in [0.25, 0.3) is 0 Å². The summed E-state index contributed by atoms with van der Waals surface area (Å²) in [7, 11) is 0. The average Bonchev–Trinajstić information content (AvgIpc) is 2.31. The zero-order valence-electron chi connectivity index (χ0n) is 6.86. The molecule has 0 aliphatic carbocycles. The molecule has 1 saturated heterocycles. The predicted octanol–water partition coefficient (Wildman–Crippen LogP) is -1.55. The van der Waals surface area contributed by atoms with Crippen LogP contribution in [-0.4, -0.2) is 40.5 Å². The second-order valence-corrected chi connectivity index (χ2v) is 2.98. The van der Waals surface area contributed by atoms with E-state index in [0.29, 0.717) is 0 Å². The van der Waals surface area contributed by atoms with Crippen LogP contribution >= 0.6 is 0 Å². The molecule has 12 heavy (non-hydrogen) atoms. The normalized spacial score (nSPS) is 29.0. The van der Waals surface area contributed by atoms with Gasteiger partial charge in [0.05, 0.1) is 6.10 Å². The lowest BCUT2D eigenvalue weighted by Gasteiger charge is -2.19. The van der Waals surface area contributed by atoms with Crippen LogP contribution in [-0.2, 0) is 9.59 Å². The number of nitrogens with two attached hydrogens (primary N) is 1. The standard InChI is InChI=1S/C7H12N2O3/c1-4(10)9-3-5(11)2-6(9)7(8)12/h5-6,11H,2-3H2,1H3,(H2,8,12)/t5-,6+/m1/s1. The average molecular weight is 172 g/mol. The Morgan fingerprint density at radius 2 is 2.17 bits per heavy atom. The van der Waals surface area contributed by atoms with Gasteiger partial charge < -0.3 is 15.7 Å². The van der Waals surface area contributed by atoms with Gasteiger partial charge in [0.2, 0.25) is 11.8 Å². The van der Waals surface area contributed by atoms with Gasteiger partial charge in [0, 0.05) is 19.9 Å². The lowest BCUT2D eigenvalue weighted by molar-refractivity contribution is -0.135. The van der Waals surface area contributed by atoms with E-state index in [0.717, 1.165) is 0 Å². The molecule has 1 aliphatic rings. The third-order valence-corrected chi connectivity index (χ3v) is 2.01. The molecule has 2 amide bonds. The lowest BCUT2D eigenvalue weighted by atomic mass is 10.2. The molecule has 0 spiro atoms. The molecule has 0 aromatic rings. The molecular weight excluding hydrogens is 160 g/mol. The van der Waals surface area contributed by atoms with Gasteiger partial charge in [-0.2, -0.15) is 0 Å². The van der Waals surface area contributed by atoms with E-state index in [4.69, 9.17) is 10.8 Å². The van der Waals surface area contributed by atoms with E-state index in [2.05, 4.69) is 0 Å². The summed E-state index contributed by atoms with van der Waals surface area (Å²) >= 11 is 0. The van der Waals surface area contributed by atoms with Gasteiger partial charge in [-0.15, -0.1) is 0 Å². The van der Waals surface area contributed by atoms with E-state index in [-0.39, 0.29) is 18.9 Å². The quantitative estimate of drug-likeness (QED) is 0.502. The summed E-state index contributed by atoms with van der Waals surface area (Å²) in [5, 5.41) is 9.17. The fraction of sp³-hybridized carbons (Fsp3) is 0.714. The van der Waals surface area contributed by atoms with E-state index in [9.17, 15) is 9.59 Å². The molecule has 2 atom stereocenters. The zero-order valence-corrected chi connectivity index (χ0v) is 6.86. The number of amides is 2. The van der Waals surface area contributed by atoms with Crippen molar-refractivity contribution in [2.45, 2.75) is 25.5 Å². The topological polar surface area (TPSA) is 83.6 Å². The number of nitrogens with zero attached hydrogens (tertiary/aromatic N) is 1. The minimum absolute atomic E-state index is 0.211. The molecule has 0 bridgehead atoms. The molecule has 3 N–H and O–H groups in total. The minimum atomic E-state index is -0.627. The fourth-order valence-electron chi connectivity index (χ4n) is 1.43. The summed E-state index contributed by atoms with van der Waals surface area (Å²) in [6, 6.07) is -0.627. The van der Waals surface area contributed by atoms with Crippen LogP contribution in [0.4, 0.5) is 0 Å². The Balaban J connectivity index is 2.72. The molecule has 1 rings (SSSR count). The van der Waals surface area contributed by atoms with Crippen LogP contribution in [0.5, 0.6) is 0 Å². The second kappa shape index (κ2) is 3.10. The highest BCUT2D eigenvalue weighted by atomic mass is 16.3. The highest BCUT2D eigenvalue weighted by molar-refractivity contribution is 5.86. The van der Waals surface area contributed by atoms with E-state index < -0.39 is 18.1 Å². The number of aliphatic hydroxyl groups is 1. The Labute approximate surface area is 70.1 Å². The Bertz CT molecular complexity index is 195. The summed E-state index contributed by atoms with van der Waals surface area (Å²) in [5.41, 5.74) is 5.04. The van der Waals surface area contributed by atoms with Gasteiger partial charge >= 0.3 is 0 Å². The van der Waals surface area contributed by atoms with Crippen molar-refractivity contribution in [1.29, 1.82) is 0 Å². The molecule has 1 aliphatic heterocycles. The van der Waals surface area contributed by atoms with Gasteiger partial charge in [0.1, 0.15) is 6.04 Å². The number of β-amino-alcohol motifs (C(OH)–C–C–N with tert-alkyl or cyclic N) is 1. The van der Waals surface area contributed by atoms with Crippen LogP contribution in [0.2, 0.25) is 0 Å². The van der Waals surface area contributed by atoms with Crippen molar-refractivity contribution in [1.82, 2.24) is 4.90 Å². The highest BCUT2D eigenvalue weighted by Gasteiger charge is 2.35. The summed E-state index contributed by atoms with van der Waals surface area (Å²) in [5.74, 6) is -0.780. The van der Waals surface area contributed by atoms with E-state index >= 15 is 0 Å². The maximum absolute atomic E-state index is 10.9. The first-order valence-electron chi connectivity index (χ1n) is 3.77. The maximum atomic E-state index is 10.9. The Kier molecular flexibility index (Phi) is 2.32. The molecule has 1 heterocycles. The molecule has 0 aromatic carbocycles. The number of primary amides is 1. The summed E-state index contributed by atoms with van der Waals surface area (Å²) in [4.78, 5) is 23.0. The molecule has 1 fully saturated rings. The Morgan fingerprint density at radius 1 is 1.58 bits per heavy atom. The molecule has 0 unspecified atom stereocenters. The second-order valence-electron chi connectivity index (χ2n) is 2.98. The summed E-state index contributed by atoms with van der Waals surface area (Å²) in [6.07, 6.45) is -0.360. The first-order valence-corrected chi connectivity index (χ1v) is 3.77. The van der Waals surface area contributed by atoms with Gasteiger partial charge in [-0.1, -0.05) is 0 Å². The van der Waals surface area contributed by atoms with Gasteiger partial charge in [-0.3, -0.25) is 9.59 Å². The van der Waals surface area contributed by atoms with Crippen LogP contribution in [0.3, 0.4) is 0 Å². The van der Waals surface area contributed by atoms with Gasteiger partial charge in [-0.05, 0) is 0 Å². The highest BCUT2D eigenvalue weighted by Crippen LogP contribution is 2.17. The third-order valence-electron chi connectivity index (χ3n) is 2.01. The number of hydrogen-bond acceptors (Lipinski definition) is 3. The number of rotatable bonds is 1. The first kappa shape index (κ1) is 8.99. The van der Waals surface area contributed by atoms with Crippen molar-refractivity contribution in [2.24, 2.45) is 5.73 Å². The van der Waals surface area contributed by atoms with Crippen LogP contribution in [0.15, 0.2) is 0 Å². The van der Waals surface area contributed by atoms with Crippen molar-refractivity contribution in [2.75, 3.05) is 6.54 Å². The van der Waals surface area contributed by atoms with E-state index in [1.54, 1.807) is 0 Å². The minimum Gasteiger partial charge on any atom is -0.391 e. The molecular formula is C7H12N2O3. The monoisotopic (exact) mass is 172 g/mol. The number of hydrogen-bond donors (Lipinski definition) is 2. The van der Waals surface area contributed by atoms with E-state index in [1.807, 2.05) is 0 Å². The number of likely N-dealkylation sites (tertiary alicyclic amines) is 1. The van der Waals surface area contributed by atoms with Crippen LogP contribution in [0, 0.1) is 0 Å². The van der Waals surface area contributed by atoms with Crippen molar-refractivity contribution in [3.63, 3.8) is 0 Å². The zero-order chi connectivity index (χ0) is 9.30. The molecule has 68 valence electrons. The third kappa shape index (κ3) is 1.55. The van der Waals surface area contributed by atoms with Crippen molar-refractivity contribution in [3.8, 4) is 0 Å². The van der Waals surface area contributed by atoms with Crippen molar-refractivity contribution >= 4 is 11.8 Å². The summed E-state index contributed by atoms with van der Waals surface area (Å²) in [6.45, 7) is 1.57. The molecule has 5 nitrogen and oxygen atoms in total. The maximum Gasteiger partial charge on any atom is 0.240 e. The molecule has 0 aromatic heterocycles. The Morgan fingerprint density at radius 3 is 2.50 bits per heavy atom. The first-order chi connectivity index (χ1) is 5.52. The molecule has 0 saturated carbocycles. The lowest BCUT2D eigenvalue weighted by Crippen LogP contribution is -2.42. The smallest absolute Gasteiger partial charge is 0.240 e. The SMILES string of the molecule is CC(=O)N1C[C@H](O)C[C@H]1C(N)=O. The van der Waals surface area contributed by atoms with Crippen molar-refractivity contribution < 1.29 is 14.7 Å². The predicted molar refractivity (Wildman–Crippen MR) is 41.0 cm³/mol. The number of aliphatic hydroxyl groups excluding tert-OH is 1. The Hall–Kier alpha value is -1.10. The van der Waals surface area contributed by atoms with E-state index in [1.165, 1.54) is 11.8 Å². The molecule has 5 heteroatoms. The van der Waals surface area contributed by atoms with Gasteiger partial charge in [-0.25, -0.2) is 0 Å². The van der Waals surface area contributed by atoms with Gasteiger partial charge in [0.15, 0.2) is 0 Å². The molecule has 0 radical (unpaired) electrons. The van der Waals surface area contributed by atoms with Crippen molar-refractivity contribution in [3.05, 3.63) is 0 Å². The number of carbonyl (C=O) groups excluding carboxylic acids is 2. The summed E-state index contributed by atoms with van der Waals surface area (Å²) < 4.78 is 0. The van der Waals surface area contributed by atoms with Crippen LogP contribution < -0.4 is 5.73 Å². The largest absolute Gasteiger partial charge is 0.391 e. The van der Waals surface area contributed by atoms with Crippen LogP contribution in [0.1, 0.15) is 13.3 Å². The fourth-order valence-corrected chi connectivity index (χ4v) is 1.43. The van der Waals surface area contributed by atoms with Gasteiger partial charge in [0.25, 0.3) is 0 Å². The number of carbonyl (C=O) groups is 2.